The molecule has 20 heavy (non-hydrogen) atoms. The molecule has 1 aromatic heterocycles. The highest BCUT2D eigenvalue weighted by Gasteiger charge is 2.29. The van der Waals surface area contributed by atoms with E-state index in [-0.39, 0.29) is 11.6 Å². The van der Waals surface area contributed by atoms with Gasteiger partial charge < -0.3 is 4.57 Å². The Labute approximate surface area is 115 Å². The van der Waals surface area contributed by atoms with Gasteiger partial charge in [0, 0.05) is 46.4 Å². The number of aromatic nitrogens is 1. The Morgan fingerprint density at radius 2 is 1.40 bits per heavy atom. The lowest BCUT2D eigenvalue weighted by atomic mass is 9.83. The smallest absolute Gasteiger partial charge is 0.194 e. The van der Waals surface area contributed by atoms with Crippen LogP contribution in [0.3, 0.4) is 0 Å². The Kier molecular flexibility index (Phi) is 2.05. The first kappa shape index (κ1) is 11.2. The summed E-state index contributed by atoms with van der Waals surface area (Å²) in [6.45, 7) is 0. The molecule has 0 fully saturated rings. The molecular weight excluding hydrogens is 250 g/mol. The number of hydrogen-bond acceptors (Lipinski definition) is 2. The molecule has 0 radical (unpaired) electrons. The molecule has 0 spiro atoms. The van der Waals surface area contributed by atoms with E-state index in [1.54, 1.807) is 24.3 Å². The van der Waals surface area contributed by atoms with Gasteiger partial charge in [-0.2, -0.15) is 0 Å². The number of aryl methyl sites for hydroxylation is 1. The summed E-state index contributed by atoms with van der Waals surface area (Å²) in [5, 5.41) is 0.979. The molecule has 0 unspecified atom stereocenters. The lowest BCUT2D eigenvalue weighted by Gasteiger charge is -2.17. The van der Waals surface area contributed by atoms with E-state index in [1.807, 2.05) is 36.0 Å². The van der Waals surface area contributed by atoms with Gasteiger partial charge in [0.2, 0.25) is 0 Å². The Balaban J connectivity index is 2.09. The molecule has 2 aromatic carbocycles. The molecule has 0 atom stereocenters. The van der Waals surface area contributed by atoms with Crippen LogP contribution in [0.1, 0.15) is 31.8 Å². The fourth-order valence-electron chi connectivity index (χ4n) is 2.86. The summed E-state index contributed by atoms with van der Waals surface area (Å²) in [6, 6.07) is 12.6. The van der Waals surface area contributed by atoms with Crippen molar-refractivity contribution >= 4 is 22.5 Å². The van der Waals surface area contributed by atoms with E-state index in [4.69, 9.17) is 0 Å². The van der Waals surface area contributed by atoms with Crippen molar-refractivity contribution in [1.29, 1.82) is 0 Å². The monoisotopic (exact) mass is 261 g/mol. The molecule has 3 heteroatoms. The summed E-state index contributed by atoms with van der Waals surface area (Å²) in [5.41, 5.74) is 2.97. The molecule has 0 bridgehead atoms. The minimum atomic E-state index is -0.0710. The molecule has 0 N–H and O–H groups in total. The molecule has 1 aliphatic carbocycles. The highest BCUT2D eigenvalue weighted by atomic mass is 16.1. The first-order valence-corrected chi connectivity index (χ1v) is 6.44. The molecule has 0 saturated heterocycles. The van der Waals surface area contributed by atoms with Crippen LogP contribution in [-0.4, -0.2) is 16.1 Å². The summed E-state index contributed by atoms with van der Waals surface area (Å²) in [6.07, 6.45) is 1.93. The van der Waals surface area contributed by atoms with E-state index in [2.05, 4.69) is 0 Å². The standard InChI is InChI=1S/C17H11NO2/c1-18-7-6-10-8-13-14(9-15(10)18)17(20)12-5-3-2-4-11(12)16(13)19/h2-9H,1H3. The van der Waals surface area contributed by atoms with Crippen LogP contribution in [0, 0.1) is 0 Å². The molecule has 3 aromatic rings. The van der Waals surface area contributed by atoms with E-state index in [9.17, 15) is 9.59 Å². The zero-order valence-corrected chi connectivity index (χ0v) is 10.9. The number of nitrogens with zero attached hydrogens (tertiary/aromatic N) is 1. The third-order valence-corrected chi connectivity index (χ3v) is 3.93. The number of rotatable bonds is 0. The normalized spacial score (nSPS) is 13.4. The maximum atomic E-state index is 12.6. The predicted octanol–water partition coefficient (Wildman–Crippen LogP) is 2.95. The van der Waals surface area contributed by atoms with Gasteiger partial charge in [0.15, 0.2) is 11.6 Å². The third-order valence-electron chi connectivity index (χ3n) is 3.93. The number of ketones is 2. The van der Waals surface area contributed by atoms with E-state index in [0.29, 0.717) is 22.3 Å². The molecule has 0 saturated carbocycles. The van der Waals surface area contributed by atoms with Crippen molar-refractivity contribution in [1.82, 2.24) is 4.57 Å². The molecule has 1 aliphatic rings. The molecule has 0 amide bonds. The summed E-state index contributed by atoms with van der Waals surface area (Å²) < 4.78 is 1.95. The van der Waals surface area contributed by atoms with Crippen LogP contribution in [0.5, 0.6) is 0 Å². The first-order chi connectivity index (χ1) is 9.66. The molecule has 1 heterocycles. The van der Waals surface area contributed by atoms with Crippen LogP contribution in [-0.2, 0) is 7.05 Å². The largest absolute Gasteiger partial charge is 0.351 e. The van der Waals surface area contributed by atoms with Crippen molar-refractivity contribution in [3.8, 4) is 0 Å². The Morgan fingerprint density at radius 3 is 2.05 bits per heavy atom. The van der Waals surface area contributed by atoms with Gasteiger partial charge in [0.1, 0.15) is 0 Å². The minimum absolute atomic E-state index is 0.0686. The van der Waals surface area contributed by atoms with Crippen LogP contribution >= 0.6 is 0 Å². The Hall–Kier alpha value is -2.68. The first-order valence-electron chi connectivity index (χ1n) is 6.44. The molecule has 4 rings (SSSR count). The van der Waals surface area contributed by atoms with Gasteiger partial charge in [-0.05, 0) is 18.2 Å². The molecule has 96 valence electrons. The van der Waals surface area contributed by atoms with Crippen LogP contribution in [0.4, 0.5) is 0 Å². The average Bonchev–Trinajstić information content (AvgIpc) is 2.84. The van der Waals surface area contributed by atoms with Gasteiger partial charge in [-0.3, -0.25) is 9.59 Å². The highest BCUT2D eigenvalue weighted by Crippen LogP contribution is 2.30. The number of carbonyl (C=O) groups is 2. The lowest BCUT2D eigenvalue weighted by molar-refractivity contribution is 0.0979. The Bertz CT molecular complexity index is 902. The van der Waals surface area contributed by atoms with Crippen molar-refractivity contribution in [3.63, 3.8) is 0 Å². The van der Waals surface area contributed by atoms with Gasteiger partial charge in [-0.1, -0.05) is 24.3 Å². The Morgan fingerprint density at radius 1 is 0.800 bits per heavy atom. The second-order valence-electron chi connectivity index (χ2n) is 5.09. The predicted molar refractivity (Wildman–Crippen MR) is 76.2 cm³/mol. The maximum Gasteiger partial charge on any atom is 0.194 e. The number of hydrogen-bond donors (Lipinski definition) is 0. The van der Waals surface area contributed by atoms with Gasteiger partial charge in [0.25, 0.3) is 0 Å². The SMILES string of the molecule is Cn1ccc2cc3c(cc21)C(=O)c1ccccc1C3=O. The van der Waals surface area contributed by atoms with Crippen LogP contribution in [0.15, 0.2) is 48.7 Å². The number of fused-ring (bicyclic) bond motifs is 3. The van der Waals surface area contributed by atoms with Crippen LogP contribution < -0.4 is 0 Å². The summed E-state index contributed by atoms with van der Waals surface area (Å²) in [5.74, 6) is -0.140. The van der Waals surface area contributed by atoms with E-state index < -0.39 is 0 Å². The topological polar surface area (TPSA) is 39.1 Å². The summed E-state index contributed by atoms with van der Waals surface area (Å²) >= 11 is 0. The average molecular weight is 261 g/mol. The second kappa shape index (κ2) is 3.67. The van der Waals surface area contributed by atoms with Crippen LogP contribution in [0.25, 0.3) is 10.9 Å². The highest BCUT2D eigenvalue weighted by molar-refractivity contribution is 6.29. The van der Waals surface area contributed by atoms with Gasteiger partial charge in [-0.15, -0.1) is 0 Å². The third kappa shape index (κ3) is 1.29. The van der Waals surface area contributed by atoms with Crippen molar-refractivity contribution < 1.29 is 9.59 Å². The fourth-order valence-corrected chi connectivity index (χ4v) is 2.86. The fraction of sp³-hybridized carbons (Fsp3) is 0.0588. The van der Waals surface area contributed by atoms with Gasteiger partial charge >= 0.3 is 0 Å². The molecular formula is C17H11NO2. The summed E-state index contributed by atoms with van der Waals surface area (Å²) in [7, 11) is 1.93. The zero-order chi connectivity index (χ0) is 13.9. The van der Waals surface area contributed by atoms with Gasteiger partial charge in [-0.25, -0.2) is 0 Å². The lowest BCUT2D eigenvalue weighted by Crippen LogP contribution is -2.20. The number of carbonyl (C=O) groups excluding carboxylic acids is 2. The van der Waals surface area contributed by atoms with Crippen molar-refractivity contribution in [2.75, 3.05) is 0 Å². The zero-order valence-electron chi connectivity index (χ0n) is 10.9. The van der Waals surface area contributed by atoms with E-state index in [1.165, 1.54) is 0 Å². The molecule has 0 aliphatic heterocycles. The quantitative estimate of drug-likeness (QED) is 0.488. The second-order valence-corrected chi connectivity index (χ2v) is 5.09. The minimum Gasteiger partial charge on any atom is -0.351 e. The molecule has 3 nitrogen and oxygen atoms in total. The van der Waals surface area contributed by atoms with E-state index in [0.717, 1.165) is 10.9 Å². The van der Waals surface area contributed by atoms with Crippen molar-refractivity contribution in [3.05, 3.63) is 70.9 Å². The number of benzene rings is 2. The van der Waals surface area contributed by atoms with Crippen molar-refractivity contribution in [2.45, 2.75) is 0 Å². The van der Waals surface area contributed by atoms with Crippen LogP contribution in [0.2, 0.25) is 0 Å². The van der Waals surface area contributed by atoms with Gasteiger partial charge in [0.05, 0.1) is 0 Å². The maximum absolute atomic E-state index is 12.6. The van der Waals surface area contributed by atoms with Crippen molar-refractivity contribution in [2.24, 2.45) is 7.05 Å². The summed E-state index contributed by atoms with van der Waals surface area (Å²) in [4.78, 5) is 25.1. The van der Waals surface area contributed by atoms with E-state index >= 15 is 0 Å².